The molecule has 2 atom stereocenters. The van der Waals surface area contributed by atoms with E-state index < -0.39 is 17.6 Å². The number of carbonyl (C=O) groups excluding carboxylic acids is 2. The second-order valence-electron chi connectivity index (χ2n) is 9.01. The van der Waals surface area contributed by atoms with Gasteiger partial charge in [0, 0.05) is 29.8 Å². The normalized spacial score (nSPS) is 13.4. The average Bonchev–Trinajstić information content (AvgIpc) is 3.37. The van der Waals surface area contributed by atoms with Crippen LogP contribution >= 0.6 is 0 Å². The quantitative estimate of drug-likeness (QED) is 0.101. The highest BCUT2D eigenvalue weighted by Crippen LogP contribution is 2.44. The number of anilines is 1. The number of benzene rings is 3. The molecule has 7 N–H and O–H groups in total. The van der Waals surface area contributed by atoms with Gasteiger partial charge in [-0.2, -0.15) is 0 Å². The molecule has 0 saturated carbocycles. The van der Waals surface area contributed by atoms with E-state index in [4.69, 9.17) is 17.3 Å². The summed E-state index contributed by atoms with van der Waals surface area (Å²) in [5.41, 5.74) is 14.8. The van der Waals surface area contributed by atoms with Crippen molar-refractivity contribution < 1.29 is 9.59 Å². The van der Waals surface area contributed by atoms with Crippen molar-refractivity contribution in [3.63, 3.8) is 0 Å². The van der Waals surface area contributed by atoms with Crippen molar-refractivity contribution in [2.24, 2.45) is 17.3 Å². The Kier molecular flexibility index (Phi) is 6.80. The van der Waals surface area contributed by atoms with Crippen molar-refractivity contribution in [2.75, 3.05) is 12.4 Å². The van der Waals surface area contributed by atoms with Crippen LogP contribution in [0.3, 0.4) is 0 Å². The van der Waals surface area contributed by atoms with Crippen LogP contribution in [0, 0.1) is 0 Å². The molecule has 10 heteroatoms. The van der Waals surface area contributed by atoms with Crippen LogP contribution in [0.5, 0.6) is 0 Å². The summed E-state index contributed by atoms with van der Waals surface area (Å²) in [6, 6.07) is 26.7. The standard InChI is InChI=1S/C29H28N8O2/c1-33-28-34-15-14-23(35-28)25-17-21-16-20(27(31)39)12-13-24(21)37(25)29(36(32)18-38,22-10-6-3-7-11-22)26(30)19-8-4-2-5-9-19/h2-18,26H,30,32H2,1H3,(H2,31,39)(H,33,34,35)/t26-,29+/m0/s1. The Labute approximate surface area is 225 Å². The molecule has 0 aliphatic heterocycles. The van der Waals surface area contributed by atoms with E-state index in [1.807, 2.05) is 71.3 Å². The lowest BCUT2D eigenvalue weighted by atomic mass is 9.85. The lowest BCUT2D eigenvalue weighted by molar-refractivity contribution is -0.127. The highest BCUT2D eigenvalue weighted by molar-refractivity contribution is 5.98. The van der Waals surface area contributed by atoms with Crippen LogP contribution < -0.4 is 22.6 Å². The molecule has 5 aromatic rings. The summed E-state index contributed by atoms with van der Waals surface area (Å²) in [4.78, 5) is 33.6. The molecule has 2 heterocycles. The van der Waals surface area contributed by atoms with Gasteiger partial charge in [-0.3, -0.25) is 14.6 Å². The molecule has 0 radical (unpaired) electrons. The predicted octanol–water partition coefficient (Wildman–Crippen LogP) is 2.97. The summed E-state index contributed by atoms with van der Waals surface area (Å²) in [5, 5.41) is 4.73. The van der Waals surface area contributed by atoms with Crippen LogP contribution in [0.15, 0.2) is 97.2 Å². The van der Waals surface area contributed by atoms with Gasteiger partial charge in [0.05, 0.1) is 22.9 Å². The molecular weight excluding hydrogens is 492 g/mol. The maximum Gasteiger partial charge on any atom is 0.248 e. The van der Waals surface area contributed by atoms with Crippen LogP contribution in [-0.4, -0.2) is 38.9 Å². The second kappa shape index (κ2) is 10.4. The number of hydrazine groups is 1. The summed E-state index contributed by atoms with van der Waals surface area (Å²) in [7, 11) is 1.72. The van der Waals surface area contributed by atoms with Gasteiger partial charge in [-0.15, -0.1) is 0 Å². The van der Waals surface area contributed by atoms with Gasteiger partial charge in [0.25, 0.3) is 0 Å². The van der Waals surface area contributed by atoms with Crippen molar-refractivity contribution in [3.8, 4) is 11.4 Å². The summed E-state index contributed by atoms with van der Waals surface area (Å²) in [6.45, 7) is 0. The third-order valence-corrected chi connectivity index (χ3v) is 6.87. The Morgan fingerprint density at radius 1 is 1.03 bits per heavy atom. The fourth-order valence-electron chi connectivity index (χ4n) is 5.08. The molecule has 0 unspecified atom stereocenters. The first-order valence-electron chi connectivity index (χ1n) is 12.2. The van der Waals surface area contributed by atoms with E-state index >= 15 is 0 Å². The van der Waals surface area contributed by atoms with Crippen molar-refractivity contribution >= 4 is 29.2 Å². The van der Waals surface area contributed by atoms with Gasteiger partial charge in [-0.05, 0) is 35.9 Å². The Morgan fingerprint density at radius 2 is 1.72 bits per heavy atom. The molecule has 0 bridgehead atoms. The van der Waals surface area contributed by atoms with Gasteiger partial charge < -0.3 is 21.4 Å². The Bertz CT molecular complexity index is 1640. The molecule has 2 amide bonds. The predicted molar refractivity (Wildman–Crippen MR) is 150 cm³/mol. The van der Waals surface area contributed by atoms with Crippen LogP contribution in [0.25, 0.3) is 22.3 Å². The largest absolute Gasteiger partial charge is 0.366 e. The van der Waals surface area contributed by atoms with E-state index in [9.17, 15) is 9.59 Å². The zero-order chi connectivity index (χ0) is 27.6. The Balaban J connectivity index is 1.97. The number of amides is 2. The highest BCUT2D eigenvalue weighted by Gasteiger charge is 2.48. The number of rotatable bonds is 9. The first-order valence-corrected chi connectivity index (χ1v) is 12.2. The third-order valence-electron chi connectivity index (χ3n) is 6.87. The number of primary amides is 1. The molecule has 3 aromatic carbocycles. The monoisotopic (exact) mass is 520 g/mol. The molecule has 10 nitrogen and oxygen atoms in total. The molecule has 5 rings (SSSR count). The van der Waals surface area contributed by atoms with Gasteiger partial charge in [0.15, 0.2) is 5.66 Å². The molecule has 196 valence electrons. The minimum Gasteiger partial charge on any atom is -0.366 e. The summed E-state index contributed by atoms with van der Waals surface area (Å²) >= 11 is 0. The van der Waals surface area contributed by atoms with Gasteiger partial charge in [0.1, 0.15) is 0 Å². The molecule has 2 aromatic heterocycles. The van der Waals surface area contributed by atoms with Crippen molar-refractivity contribution in [3.05, 3.63) is 114 Å². The lowest BCUT2D eigenvalue weighted by Crippen LogP contribution is -2.60. The molecule has 0 spiro atoms. The summed E-state index contributed by atoms with van der Waals surface area (Å²) in [5.74, 6) is 6.47. The van der Waals surface area contributed by atoms with E-state index in [1.54, 1.807) is 37.5 Å². The average molecular weight is 521 g/mol. The molecule has 39 heavy (non-hydrogen) atoms. The third kappa shape index (κ3) is 4.27. The van der Waals surface area contributed by atoms with Crippen molar-refractivity contribution in [1.29, 1.82) is 0 Å². The van der Waals surface area contributed by atoms with Crippen LogP contribution in [0.2, 0.25) is 0 Å². The SMILES string of the molecule is CNc1nccc(-c2cc3cc(C(N)=O)ccc3n2[C@](c2ccccc2)([C@@H](N)c2ccccc2)N(N)C=O)n1. The maximum atomic E-state index is 12.6. The highest BCUT2D eigenvalue weighted by atomic mass is 16.1. The number of hydrogen-bond donors (Lipinski definition) is 4. The number of fused-ring (bicyclic) bond motifs is 1. The Morgan fingerprint density at radius 3 is 2.36 bits per heavy atom. The number of aromatic nitrogens is 3. The maximum absolute atomic E-state index is 12.6. The second-order valence-corrected chi connectivity index (χ2v) is 9.01. The fourth-order valence-corrected chi connectivity index (χ4v) is 5.08. The van der Waals surface area contributed by atoms with Crippen LogP contribution in [0.1, 0.15) is 27.5 Å². The smallest absolute Gasteiger partial charge is 0.248 e. The Hall–Kier alpha value is -5.06. The van der Waals surface area contributed by atoms with Gasteiger partial charge in [0.2, 0.25) is 18.3 Å². The number of nitrogens with zero attached hydrogens (tertiary/aromatic N) is 4. The minimum absolute atomic E-state index is 0.336. The van der Waals surface area contributed by atoms with Gasteiger partial charge >= 0.3 is 0 Å². The van der Waals surface area contributed by atoms with E-state index in [1.165, 1.54) is 0 Å². The number of hydrogen-bond acceptors (Lipinski definition) is 7. The van der Waals surface area contributed by atoms with Crippen molar-refractivity contribution in [1.82, 2.24) is 19.5 Å². The first kappa shape index (κ1) is 25.6. The lowest BCUT2D eigenvalue weighted by Gasteiger charge is -2.46. The van der Waals surface area contributed by atoms with Gasteiger partial charge in [-0.25, -0.2) is 15.8 Å². The van der Waals surface area contributed by atoms with E-state index in [2.05, 4.69) is 15.3 Å². The van der Waals surface area contributed by atoms with Crippen LogP contribution in [-0.2, 0) is 10.5 Å². The van der Waals surface area contributed by atoms with E-state index in [-0.39, 0.29) is 0 Å². The van der Waals surface area contributed by atoms with Crippen LogP contribution in [0.4, 0.5) is 5.95 Å². The minimum atomic E-state index is -1.47. The first-order chi connectivity index (χ1) is 18.9. The van der Waals surface area contributed by atoms with E-state index in [0.717, 1.165) is 10.6 Å². The fraction of sp³-hybridized carbons (Fsp3) is 0.103. The summed E-state index contributed by atoms with van der Waals surface area (Å²) < 4.78 is 1.90. The van der Waals surface area contributed by atoms with Crippen molar-refractivity contribution in [2.45, 2.75) is 11.7 Å². The van der Waals surface area contributed by atoms with Gasteiger partial charge in [-0.1, -0.05) is 60.7 Å². The number of nitrogens with two attached hydrogens (primary N) is 3. The topological polar surface area (TPSA) is 158 Å². The zero-order valence-corrected chi connectivity index (χ0v) is 21.2. The molecule has 0 saturated heterocycles. The number of carbonyl (C=O) groups is 2. The van der Waals surface area contributed by atoms with E-state index in [0.29, 0.717) is 45.8 Å². The zero-order valence-electron chi connectivity index (χ0n) is 21.2. The number of nitrogens with one attached hydrogen (secondary N) is 1. The molecule has 0 fully saturated rings. The summed E-state index contributed by atoms with van der Waals surface area (Å²) in [6.07, 6.45) is 2.19. The molecule has 0 aliphatic carbocycles. The molecular formula is C29H28N8O2. The molecule has 0 aliphatic rings.